The number of nitrogen functional groups attached to an aromatic ring is 1. The summed E-state index contributed by atoms with van der Waals surface area (Å²) in [5.41, 5.74) is 8.18. The van der Waals surface area contributed by atoms with Gasteiger partial charge in [0, 0.05) is 6.54 Å². The lowest BCUT2D eigenvalue weighted by Gasteiger charge is -2.13. The van der Waals surface area contributed by atoms with Crippen LogP contribution in [0.3, 0.4) is 0 Å². The van der Waals surface area contributed by atoms with Crippen LogP contribution in [0.4, 0.5) is 11.8 Å². The molecule has 0 fully saturated rings. The number of hydrogen-bond donors (Lipinski definition) is 2. The van der Waals surface area contributed by atoms with Gasteiger partial charge in [0.25, 0.3) is 0 Å². The first-order valence-electron chi connectivity index (χ1n) is 9.00. The van der Waals surface area contributed by atoms with Crippen LogP contribution in [0.25, 0.3) is 11.0 Å². The van der Waals surface area contributed by atoms with Crippen LogP contribution in [0.5, 0.6) is 11.5 Å². The number of benzene rings is 1. The van der Waals surface area contributed by atoms with E-state index >= 15 is 0 Å². The van der Waals surface area contributed by atoms with Gasteiger partial charge in [-0.2, -0.15) is 10.1 Å². The maximum Gasteiger partial charge on any atom is 0.222 e. The number of hydrogen-bond acceptors (Lipinski definition) is 7. The lowest BCUT2D eigenvalue weighted by atomic mass is 10.1. The van der Waals surface area contributed by atoms with Crippen LogP contribution >= 0.6 is 0 Å². The molecule has 0 aliphatic rings. The molecule has 0 saturated carbocycles. The first kappa shape index (κ1) is 18.8. The number of anilines is 2. The van der Waals surface area contributed by atoms with Crippen molar-refractivity contribution in [3.8, 4) is 11.5 Å². The zero-order chi connectivity index (χ0) is 19.4. The van der Waals surface area contributed by atoms with Crippen molar-refractivity contribution in [2.24, 2.45) is 5.92 Å². The molecular formula is C19H26N6O2. The van der Waals surface area contributed by atoms with Gasteiger partial charge < -0.3 is 20.5 Å². The summed E-state index contributed by atoms with van der Waals surface area (Å²) < 4.78 is 12.7. The van der Waals surface area contributed by atoms with E-state index in [4.69, 9.17) is 15.2 Å². The van der Waals surface area contributed by atoms with Crippen LogP contribution in [0.15, 0.2) is 24.4 Å². The number of methoxy groups -OCH3 is 2. The lowest BCUT2D eigenvalue weighted by Crippen LogP contribution is -2.12. The first-order valence-corrected chi connectivity index (χ1v) is 9.00. The van der Waals surface area contributed by atoms with Gasteiger partial charge >= 0.3 is 0 Å². The molecule has 3 N–H and O–H groups in total. The van der Waals surface area contributed by atoms with Gasteiger partial charge in [0.2, 0.25) is 5.95 Å². The molecule has 1 atom stereocenters. The van der Waals surface area contributed by atoms with E-state index in [1.54, 1.807) is 18.9 Å². The summed E-state index contributed by atoms with van der Waals surface area (Å²) in [4.78, 5) is 8.64. The fourth-order valence-corrected chi connectivity index (χ4v) is 2.84. The fourth-order valence-electron chi connectivity index (χ4n) is 2.84. The number of aromatic nitrogens is 4. The summed E-state index contributed by atoms with van der Waals surface area (Å²) in [7, 11) is 3.28. The van der Waals surface area contributed by atoms with E-state index in [0.29, 0.717) is 29.3 Å². The van der Waals surface area contributed by atoms with Crippen LogP contribution in [-0.4, -0.2) is 40.5 Å². The van der Waals surface area contributed by atoms with Gasteiger partial charge in [-0.3, -0.25) is 4.68 Å². The van der Waals surface area contributed by atoms with E-state index in [2.05, 4.69) is 34.2 Å². The predicted molar refractivity (Wildman–Crippen MR) is 106 cm³/mol. The number of nitrogens with two attached hydrogens (primary N) is 1. The Morgan fingerprint density at radius 3 is 2.52 bits per heavy atom. The highest BCUT2D eigenvalue weighted by molar-refractivity contribution is 5.85. The van der Waals surface area contributed by atoms with Crippen molar-refractivity contribution in [3.05, 3.63) is 30.0 Å². The highest BCUT2D eigenvalue weighted by Crippen LogP contribution is 2.29. The summed E-state index contributed by atoms with van der Waals surface area (Å²) in [6.07, 6.45) is 2.94. The third kappa shape index (κ3) is 4.05. The summed E-state index contributed by atoms with van der Waals surface area (Å²) in [5.74, 6) is 2.90. The zero-order valence-electron chi connectivity index (χ0n) is 16.2. The molecule has 8 nitrogen and oxygen atoms in total. The number of nitrogens with one attached hydrogen (secondary N) is 1. The Bertz CT molecular complexity index is 902. The summed E-state index contributed by atoms with van der Waals surface area (Å²) in [6, 6.07) is 5.69. The number of ether oxygens (including phenoxy) is 2. The smallest absolute Gasteiger partial charge is 0.222 e. The molecule has 0 aliphatic heterocycles. The molecule has 0 radical (unpaired) electrons. The molecule has 0 spiro atoms. The Morgan fingerprint density at radius 1 is 1.19 bits per heavy atom. The number of fused-ring (bicyclic) bond motifs is 1. The molecule has 0 unspecified atom stereocenters. The maximum atomic E-state index is 5.88. The predicted octanol–water partition coefficient (Wildman–Crippen LogP) is 2.93. The molecule has 3 aromatic rings. The first-order chi connectivity index (χ1) is 13.0. The van der Waals surface area contributed by atoms with Crippen molar-refractivity contribution < 1.29 is 9.47 Å². The molecule has 144 valence electrons. The average molecular weight is 370 g/mol. The molecule has 1 aromatic carbocycles. The van der Waals surface area contributed by atoms with Gasteiger partial charge in [-0.15, -0.1) is 0 Å². The fraction of sp³-hybridized carbons (Fsp3) is 0.421. The molecule has 3 rings (SSSR count). The summed E-state index contributed by atoms with van der Waals surface area (Å²) in [5, 5.41) is 8.01. The highest BCUT2D eigenvalue weighted by Gasteiger charge is 2.15. The number of rotatable bonds is 8. The largest absolute Gasteiger partial charge is 0.496 e. The Labute approximate surface area is 158 Å². The summed E-state index contributed by atoms with van der Waals surface area (Å²) >= 11 is 0. The van der Waals surface area contributed by atoms with Gasteiger partial charge in [-0.1, -0.05) is 26.3 Å². The molecule has 0 bridgehead atoms. The van der Waals surface area contributed by atoms with Gasteiger partial charge in [0.05, 0.1) is 32.5 Å². The van der Waals surface area contributed by atoms with Crippen molar-refractivity contribution >= 4 is 22.8 Å². The quantitative estimate of drug-likeness (QED) is 0.629. The third-order valence-electron chi connectivity index (χ3n) is 4.59. The van der Waals surface area contributed by atoms with E-state index in [0.717, 1.165) is 30.0 Å². The van der Waals surface area contributed by atoms with Crippen LogP contribution in [0.2, 0.25) is 0 Å². The topological polar surface area (TPSA) is 100 Å². The minimum Gasteiger partial charge on any atom is -0.496 e. The molecule has 2 heterocycles. The van der Waals surface area contributed by atoms with Gasteiger partial charge in [0.15, 0.2) is 11.3 Å². The number of nitrogens with zero attached hydrogens (tertiary/aromatic N) is 4. The van der Waals surface area contributed by atoms with Crippen LogP contribution in [0.1, 0.15) is 25.8 Å². The van der Waals surface area contributed by atoms with E-state index in [-0.39, 0.29) is 5.95 Å². The monoisotopic (exact) mass is 370 g/mol. The Balaban J connectivity index is 1.96. The second kappa shape index (κ2) is 8.11. The van der Waals surface area contributed by atoms with Gasteiger partial charge in [-0.05, 0) is 18.1 Å². The molecule has 2 aromatic heterocycles. The van der Waals surface area contributed by atoms with Gasteiger partial charge in [-0.25, -0.2) is 4.98 Å². The molecule has 0 aliphatic carbocycles. The minimum atomic E-state index is 0.226. The molecule has 0 amide bonds. The van der Waals surface area contributed by atoms with Crippen molar-refractivity contribution in [1.82, 2.24) is 19.7 Å². The maximum absolute atomic E-state index is 5.88. The van der Waals surface area contributed by atoms with E-state index in [1.165, 1.54) is 0 Å². The summed E-state index contributed by atoms with van der Waals surface area (Å²) in [6.45, 7) is 5.62. The van der Waals surface area contributed by atoms with E-state index < -0.39 is 0 Å². The van der Waals surface area contributed by atoms with Crippen molar-refractivity contribution in [2.75, 3.05) is 31.8 Å². The van der Waals surface area contributed by atoms with Crippen LogP contribution < -0.4 is 20.5 Å². The van der Waals surface area contributed by atoms with Gasteiger partial charge in [0.1, 0.15) is 17.0 Å². The Morgan fingerprint density at radius 2 is 1.89 bits per heavy atom. The molecular weight excluding hydrogens is 344 g/mol. The Hall–Kier alpha value is -3.03. The van der Waals surface area contributed by atoms with E-state index in [1.807, 2.05) is 24.4 Å². The normalized spacial score (nSPS) is 12.1. The SMILES string of the molecule is CC[C@H](C)CNc1nc(N)nc2cn(Cc3c(OC)cccc3OC)nc12. The highest BCUT2D eigenvalue weighted by atomic mass is 16.5. The van der Waals surface area contributed by atoms with Crippen molar-refractivity contribution in [3.63, 3.8) is 0 Å². The third-order valence-corrected chi connectivity index (χ3v) is 4.59. The molecule has 0 saturated heterocycles. The van der Waals surface area contributed by atoms with Crippen LogP contribution in [0, 0.1) is 5.92 Å². The molecule has 8 heteroatoms. The molecule has 27 heavy (non-hydrogen) atoms. The second-order valence-corrected chi connectivity index (χ2v) is 6.53. The Kier molecular flexibility index (Phi) is 5.63. The zero-order valence-corrected chi connectivity index (χ0v) is 16.2. The second-order valence-electron chi connectivity index (χ2n) is 6.53. The lowest BCUT2D eigenvalue weighted by molar-refractivity contribution is 0.382. The standard InChI is InChI=1S/C19H26N6O2/c1-5-12(2)9-21-18-17-14(22-19(20)23-18)11-25(24-17)10-13-15(26-3)7-6-8-16(13)27-4/h6-8,11-12H,5,9-10H2,1-4H3,(H3,20,21,22,23)/t12-/m0/s1. The average Bonchev–Trinajstić information content (AvgIpc) is 3.08. The van der Waals surface area contributed by atoms with Crippen molar-refractivity contribution in [1.29, 1.82) is 0 Å². The van der Waals surface area contributed by atoms with Crippen molar-refractivity contribution in [2.45, 2.75) is 26.8 Å². The van der Waals surface area contributed by atoms with Crippen LogP contribution in [-0.2, 0) is 6.54 Å². The minimum absolute atomic E-state index is 0.226. The van der Waals surface area contributed by atoms with E-state index in [9.17, 15) is 0 Å².